The standard InChI is InChI=1S/C32H41FN4O7.C29H37FN4O5/c1-5-43-28(39)13-12-25(17-22-7-6-14-34-30(22)40)35-31(41)23(16-21-8-10-24(33)11-9-21)18-27(38)29(19(2)3)36-32(42)26-15-20(4)44-37-26;1-5-6-23(15-20-11-12-31-27(20)36)32-28(37)21(14-19-7-9-22(30)10-8-19)16-25(35)26(17(2)3)33-29(38)24-13-18(4)39-34-24/h8-13,15,19,22-23,25,29H,5-7,14,16-18H2,1-4H3,(H,34,40)(H,35,41)(H,36,42);5-10,13,17,20-21,23,26H,11-12,14-16H2,1-4H3,(H,31,36)(H,32,37)(H,33,38)/b13-12+;6-5+/t22-,23+,25+,29-;20-,21+,23+,26-/m00/s1. The van der Waals surface area contributed by atoms with Crippen LogP contribution in [-0.4, -0.2) is 107 Å². The van der Waals surface area contributed by atoms with Crippen molar-refractivity contribution < 1.29 is 65.7 Å². The Morgan fingerprint density at radius 3 is 1.46 bits per heavy atom. The van der Waals surface area contributed by atoms with E-state index in [0.717, 1.165) is 6.42 Å². The van der Waals surface area contributed by atoms with E-state index in [1.54, 1.807) is 72.7 Å². The van der Waals surface area contributed by atoms with Crippen molar-refractivity contribution in [3.63, 3.8) is 0 Å². The van der Waals surface area contributed by atoms with Gasteiger partial charge in [0.1, 0.15) is 23.2 Å². The lowest BCUT2D eigenvalue weighted by Gasteiger charge is -2.27. The smallest absolute Gasteiger partial charge is 0.330 e. The highest BCUT2D eigenvalue weighted by Crippen LogP contribution is 2.24. The van der Waals surface area contributed by atoms with Crippen LogP contribution in [0.1, 0.15) is 130 Å². The number of carbonyl (C=O) groups is 9. The minimum Gasteiger partial charge on any atom is -0.463 e. The first-order valence-corrected chi connectivity index (χ1v) is 28.2. The van der Waals surface area contributed by atoms with Gasteiger partial charge in [0.25, 0.3) is 11.8 Å². The van der Waals surface area contributed by atoms with Gasteiger partial charge in [0.05, 0.1) is 18.7 Å². The zero-order valence-corrected chi connectivity index (χ0v) is 48.4. The molecular formula is C61H78F2N8O12. The second kappa shape index (κ2) is 32.5. The third-order valence-corrected chi connectivity index (χ3v) is 14.2. The molecule has 0 radical (unpaired) electrons. The summed E-state index contributed by atoms with van der Waals surface area (Å²) >= 11 is 0. The molecule has 4 heterocycles. The first-order valence-electron chi connectivity index (χ1n) is 28.2. The summed E-state index contributed by atoms with van der Waals surface area (Å²) < 4.78 is 42.0. The van der Waals surface area contributed by atoms with Gasteiger partial charge >= 0.3 is 5.97 Å². The normalized spacial score (nSPS) is 17.3. The number of amides is 6. The van der Waals surface area contributed by atoms with Crippen LogP contribution < -0.4 is 31.9 Å². The number of allylic oxidation sites excluding steroid dienone is 1. The molecule has 8 atom stereocenters. The molecule has 20 nitrogen and oxygen atoms in total. The summed E-state index contributed by atoms with van der Waals surface area (Å²) in [4.78, 5) is 117. The Labute approximate surface area is 482 Å². The fourth-order valence-electron chi connectivity index (χ4n) is 9.81. The Balaban J connectivity index is 0.000000306. The van der Waals surface area contributed by atoms with E-state index in [-0.39, 0.29) is 103 Å². The lowest BCUT2D eigenvalue weighted by atomic mass is 9.87. The summed E-state index contributed by atoms with van der Waals surface area (Å²) in [6, 6.07) is 11.5. The number of ketones is 2. The van der Waals surface area contributed by atoms with Crippen LogP contribution in [0.4, 0.5) is 8.78 Å². The first-order chi connectivity index (χ1) is 39.5. The highest BCUT2D eigenvalue weighted by molar-refractivity contribution is 5.99. The molecule has 0 spiro atoms. The monoisotopic (exact) mass is 1150 g/mol. The largest absolute Gasteiger partial charge is 0.463 e. The van der Waals surface area contributed by atoms with Crippen molar-refractivity contribution in [2.75, 3.05) is 19.7 Å². The van der Waals surface area contributed by atoms with E-state index < -0.39 is 71.3 Å². The molecule has 0 saturated carbocycles. The molecule has 448 valence electrons. The summed E-state index contributed by atoms with van der Waals surface area (Å²) in [6.45, 7) is 15.3. The topological polar surface area (TPSA) is 287 Å². The summed E-state index contributed by atoms with van der Waals surface area (Å²) in [5, 5.41) is 24.4. The van der Waals surface area contributed by atoms with Crippen molar-refractivity contribution in [2.24, 2.45) is 35.5 Å². The van der Waals surface area contributed by atoms with Crippen molar-refractivity contribution >= 4 is 53.0 Å². The third kappa shape index (κ3) is 21.3. The number of piperidine rings is 1. The van der Waals surface area contributed by atoms with E-state index in [9.17, 15) is 51.9 Å². The Bertz CT molecular complexity index is 2920. The molecule has 4 aromatic rings. The molecule has 6 rings (SSSR count). The number of hydrogen-bond acceptors (Lipinski definition) is 14. The highest BCUT2D eigenvalue weighted by Gasteiger charge is 2.35. The predicted octanol–water partition coefficient (Wildman–Crippen LogP) is 6.50. The third-order valence-electron chi connectivity index (χ3n) is 14.2. The molecule has 83 heavy (non-hydrogen) atoms. The number of nitrogens with one attached hydrogen (secondary N) is 6. The van der Waals surface area contributed by atoms with Crippen LogP contribution in [0.25, 0.3) is 0 Å². The minimum absolute atomic E-state index is 0.0320. The highest BCUT2D eigenvalue weighted by atomic mass is 19.1. The SMILES string of the molecule is C/C=C/[C@H](C[C@@H]1CCNC1=O)NC(=O)[C@@H](CC(=O)[C@@H](NC(=O)c1cc(C)on1)C(C)C)Cc1ccc(F)cc1.CCOC(=O)/C=C/[C@H](C[C@@H]1CCCNC1=O)NC(=O)[C@@H](CC(=O)[C@@H](NC(=O)c1cc(C)on1)C(C)C)Cc1ccc(F)cc1. The summed E-state index contributed by atoms with van der Waals surface area (Å²) in [5.74, 6) is -6.14. The lowest BCUT2D eigenvalue weighted by Crippen LogP contribution is -2.47. The molecule has 2 aromatic heterocycles. The Morgan fingerprint density at radius 1 is 0.651 bits per heavy atom. The molecule has 2 saturated heterocycles. The number of esters is 1. The molecular weight excluding hydrogens is 1070 g/mol. The number of ether oxygens (including phenoxy) is 1. The van der Waals surface area contributed by atoms with Gasteiger partial charge in [-0.1, -0.05) is 80.5 Å². The maximum Gasteiger partial charge on any atom is 0.330 e. The molecule has 6 amide bonds. The number of Topliss-reactive ketones (excluding diaryl/α,β-unsaturated/α-hetero) is 2. The van der Waals surface area contributed by atoms with Crippen molar-refractivity contribution in [1.29, 1.82) is 0 Å². The fourth-order valence-corrected chi connectivity index (χ4v) is 9.81. The fraction of sp³-hybridized carbons (Fsp3) is 0.492. The van der Waals surface area contributed by atoms with Crippen LogP contribution in [0.5, 0.6) is 0 Å². The number of benzene rings is 2. The zero-order valence-electron chi connectivity index (χ0n) is 48.4. The molecule has 2 fully saturated rings. The van der Waals surface area contributed by atoms with Gasteiger partial charge in [0.2, 0.25) is 23.6 Å². The van der Waals surface area contributed by atoms with Crippen molar-refractivity contribution in [3.8, 4) is 0 Å². The number of hydrogen-bond donors (Lipinski definition) is 6. The molecule has 0 unspecified atom stereocenters. The Hall–Kier alpha value is -8.17. The van der Waals surface area contributed by atoms with Crippen molar-refractivity contribution in [3.05, 3.63) is 131 Å². The van der Waals surface area contributed by atoms with Gasteiger partial charge in [0.15, 0.2) is 23.0 Å². The van der Waals surface area contributed by atoms with Crippen LogP contribution in [0.3, 0.4) is 0 Å². The average Bonchev–Trinajstić information content (AvgIpc) is 4.34. The zero-order chi connectivity index (χ0) is 60.8. The summed E-state index contributed by atoms with van der Waals surface area (Å²) in [5.41, 5.74) is 1.43. The summed E-state index contributed by atoms with van der Waals surface area (Å²) in [7, 11) is 0. The molecule has 22 heteroatoms. The number of nitrogens with zero attached hydrogens (tertiary/aromatic N) is 2. The molecule has 2 aliphatic heterocycles. The Kier molecular flexibility index (Phi) is 25.7. The molecule has 0 bridgehead atoms. The minimum atomic E-state index is -0.923. The molecule has 2 aliphatic rings. The van der Waals surface area contributed by atoms with Gasteiger partial charge < -0.3 is 45.7 Å². The quantitative estimate of drug-likeness (QED) is 0.0201. The number of carbonyl (C=O) groups excluding carboxylic acids is 9. The number of rotatable bonds is 28. The van der Waals surface area contributed by atoms with E-state index >= 15 is 0 Å². The summed E-state index contributed by atoms with van der Waals surface area (Å²) in [6.07, 6.45) is 9.08. The van der Waals surface area contributed by atoms with Gasteiger partial charge in [-0.3, -0.25) is 38.4 Å². The van der Waals surface area contributed by atoms with Gasteiger partial charge in [-0.05, 0) is 120 Å². The van der Waals surface area contributed by atoms with Crippen LogP contribution in [-0.2, 0) is 51.1 Å². The van der Waals surface area contributed by atoms with Crippen molar-refractivity contribution in [1.82, 2.24) is 42.2 Å². The van der Waals surface area contributed by atoms with E-state index in [2.05, 4.69) is 42.2 Å². The van der Waals surface area contributed by atoms with E-state index in [4.69, 9.17) is 13.8 Å². The molecule has 2 aromatic carbocycles. The van der Waals surface area contributed by atoms with E-state index in [1.807, 2.05) is 19.1 Å². The van der Waals surface area contributed by atoms with Crippen LogP contribution in [0, 0.1) is 61.0 Å². The van der Waals surface area contributed by atoms with Gasteiger partial charge in [-0.15, -0.1) is 0 Å². The first kappa shape index (κ1) is 65.6. The van der Waals surface area contributed by atoms with Gasteiger partial charge in [-0.25, -0.2) is 13.6 Å². The average molecular weight is 1150 g/mol. The lowest BCUT2D eigenvalue weighted by molar-refractivity contribution is -0.137. The molecule has 6 N–H and O–H groups in total. The molecule has 0 aliphatic carbocycles. The van der Waals surface area contributed by atoms with Crippen LogP contribution >= 0.6 is 0 Å². The number of aromatic nitrogens is 2. The number of aryl methyl sites for hydroxylation is 2. The van der Waals surface area contributed by atoms with Crippen molar-refractivity contribution in [2.45, 2.75) is 137 Å². The van der Waals surface area contributed by atoms with Crippen LogP contribution in [0.15, 0.2) is 94.0 Å². The van der Waals surface area contributed by atoms with Gasteiger partial charge in [-0.2, -0.15) is 0 Å². The van der Waals surface area contributed by atoms with E-state index in [1.165, 1.54) is 48.6 Å². The van der Waals surface area contributed by atoms with E-state index in [0.29, 0.717) is 55.0 Å². The maximum absolute atomic E-state index is 13.8. The van der Waals surface area contributed by atoms with Crippen LogP contribution in [0.2, 0.25) is 0 Å². The second-order valence-electron chi connectivity index (χ2n) is 21.7. The maximum atomic E-state index is 13.8. The van der Waals surface area contributed by atoms with Gasteiger partial charge in [0, 0.05) is 79.9 Å². The Morgan fingerprint density at radius 2 is 1.08 bits per heavy atom. The number of halogens is 2. The second-order valence-corrected chi connectivity index (χ2v) is 21.7. The predicted molar refractivity (Wildman–Crippen MR) is 302 cm³/mol.